The summed E-state index contributed by atoms with van der Waals surface area (Å²) in [6, 6.07) is 30.3. The van der Waals surface area contributed by atoms with Crippen molar-refractivity contribution in [3.8, 4) is 0 Å². The maximum atomic E-state index is 13.9. The first-order chi connectivity index (χ1) is 25.4. The second-order valence-electron chi connectivity index (χ2n) is 13.8. The lowest BCUT2D eigenvalue weighted by Crippen LogP contribution is -2.57. The molecule has 13 heteroatoms. The molecule has 0 saturated carbocycles. The van der Waals surface area contributed by atoms with Crippen LogP contribution in [0.3, 0.4) is 0 Å². The van der Waals surface area contributed by atoms with Crippen LogP contribution in [0.1, 0.15) is 83.5 Å². The van der Waals surface area contributed by atoms with E-state index in [2.05, 4.69) is 51.6 Å². The minimum Gasteiger partial charge on any atom is -0.374 e. The number of tetrazole rings is 1. The Hall–Kier alpha value is -4.59. The van der Waals surface area contributed by atoms with Gasteiger partial charge in [0.1, 0.15) is 6.10 Å². The summed E-state index contributed by atoms with van der Waals surface area (Å²) < 4.78 is 97.8. The van der Waals surface area contributed by atoms with Gasteiger partial charge in [-0.3, -0.25) is 4.90 Å². The van der Waals surface area contributed by atoms with Crippen molar-refractivity contribution in [3.05, 3.63) is 148 Å². The predicted molar refractivity (Wildman–Crippen MR) is 184 cm³/mol. The first kappa shape index (κ1) is 36.8. The molecule has 2 saturated heterocycles. The summed E-state index contributed by atoms with van der Waals surface area (Å²) in [5.41, 5.74) is -1.04. The number of fused-ring (bicyclic) bond motifs is 2. The summed E-state index contributed by atoms with van der Waals surface area (Å²) in [7, 11) is 1.84. The number of halogens is 6. The Balaban J connectivity index is 1.21. The lowest BCUT2D eigenvalue weighted by atomic mass is 9.77. The molecule has 5 aromatic rings. The van der Waals surface area contributed by atoms with E-state index in [1.54, 1.807) is 35.0 Å². The molecule has 0 spiro atoms. The Kier molecular flexibility index (Phi) is 10.2. The van der Waals surface area contributed by atoms with E-state index in [1.165, 1.54) is 0 Å². The summed E-state index contributed by atoms with van der Waals surface area (Å²) in [6.45, 7) is 2.15. The van der Waals surface area contributed by atoms with Crippen molar-refractivity contribution >= 4 is 0 Å². The van der Waals surface area contributed by atoms with Gasteiger partial charge in [0.15, 0.2) is 5.82 Å². The van der Waals surface area contributed by atoms with Crippen LogP contribution in [0.15, 0.2) is 109 Å². The Labute approximate surface area is 303 Å². The molecule has 7 nitrogen and oxygen atoms in total. The number of alkyl halides is 6. The van der Waals surface area contributed by atoms with Gasteiger partial charge < -0.3 is 9.47 Å². The van der Waals surface area contributed by atoms with E-state index in [1.807, 2.05) is 43.4 Å². The van der Waals surface area contributed by atoms with Crippen LogP contribution in [0, 0.1) is 0 Å². The number of hydrogen-bond donors (Lipinski definition) is 0. The topological polar surface area (TPSA) is 65.3 Å². The number of hydrogen-bond acceptors (Lipinski definition) is 6. The van der Waals surface area contributed by atoms with Crippen LogP contribution in [0.25, 0.3) is 0 Å². The molecule has 4 aromatic carbocycles. The number of aromatic nitrogens is 4. The molecule has 2 aliphatic heterocycles. The Bertz CT molecular complexity index is 1940. The van der Waals surface area contributed by atoms with Crippen molar-refractivity contribution in [2.75, 3.05) is 13.2 Å². The molecule has 2 aliphatic rings. The van der Waals surface area contributed by atoms with E-state index in [9.17, 15) is 26.3 Å². The molecule has 53 heavy (non-hydrogen) atoms. The van der Waals surface area contributed by atoms with Crippen LogP contribution in [0.2, 0.25) is 0 Å². The van der Waals surface area contributed by atoms with Gasteiger partial charge in [0.25, 0.3) is 0 Å². The zero-order chi connectivity index (χ0) is 37.4. The van der Waals surface area contributed by atoms with Crippen LogP contribution in [0.4, 0.5) is 26.3 Å². The first-order valence-corrected chi connectivity index (χ1v) is 17.6. The number of ether oxygens (including phenoxy) is 2. The van der Waals surface area contributed by atoms with Crippen LogP contribution in [-0.4, -0.2) is 50.5 Å². The molecule has 0 radical (unpaired) electrons. The fraction of sp³-hybridized carbons (Fsp3) is 0.375. The molecular weight excluding hydrogens is 696 g/mol. The molecule has 0 amide bonds. The largest absolute Gasteiger partial charge is 0.416 e. The van der Waals surface area contributed by atoms with Crippen molar-refractivity contribution in [1.29, 1.82) is 0 Å². The number of nitrogens with zero attached hydrogens (tertiary/aromatic N) is 5. The highest BCUT2D eigenvalue weighted by Crippen LogP contribution is 2.59. The quantitative estimate of drug-likeness (QED) is 0.0997. The molecule has 3 heterocycles. The molecule has 2 fully saturated rings. The van der Waals surface area contributed by atoms with Gasteiger partial charge in [0, 0.05) is 25.0 Å². The fourth-order valence-electron chi connectivity index (χ4n) is 8.50. The second kappa shape index (κ2) is 14.7. The summed E-state index contributed by atoms with van der Waals surface area (Å²) in [6.07, 6.45) is -9.40. The molecule has 2 unspecified atom stereocenters. The lowest BCUT2D eigenvalue weighted by Gasteiger charge is -2.52. The minimum absolute atomic E-state index is 0.0163. The summed E-state index contributed by atoms with van der Waals surface area (Å²) >= 11 is 0. The van der Waals surface area contributed by atoms with Crippen molar-refractivity contribution < 1.29 is 35.8 Å². The fourth-order valence-corrected chi connectivity index (χ4v) is 8.50. The first-order valence-electron chi connectivity index (χ1n) is 17.6. The van der Waals surface area contributed by atoms with Gasteiger partial charge in [-0.2, -0.15) is 26.3 Å². The summed E-state index contributed by atoms with van der Waals surface area (Å²) in [4.78, 5) is 2.54. The smallest absolute Gasteiger partial charge is 0.374 e. The molecular formula is C40H39F6N5O2. The van der Waals surface area contributed by atoms with E-state index >= 15 is 0 Å². The number of benzene rings is 4. The third-order valence-electron chi connectivity index (χ3n) is 10.7. The van der Waals surface area contributed by atoms with Gasteiger partial charge in [-0.1, -0.05) is 91.0 Å². The van der Waals surface area contributed by atoms with E-state index in [0.717, 1.165) is 35.5 Å². The lowest BCUT2D eigenvalue weighted by molar-refractivity contribution is -0.143. The zero-order valence-corrected chi connectivity index (χ0v) is 29.1. The molecule has 0 aliphatic carbocycles. The Morgan fingerprint density at radius 2 is 1.34 bits per heavy atom. The Morgan fingerprint density at radius 1 is 0.755 bits per heavy atom. The highest BCUT2D eigenvalue weighted by molar-refractivity contribution is 5.39. The zero-order valence-electron chi connectivity index (χ0n) is 29.1. The number of piperidine rings is 1. The molecule has 0 N–H and O–H groups in total. The molecule has 278 valence electrons. The minimum atomic E-state index is -4.99. The number of rotatable bonds is 11. The van der Waals surface area contributed by atoms with Gasteiger partial charge in [-0.25, -0.2) is 4.68 Å². The van der Waals surface area contributed by atoms with E-state index < -0.39 is 35.1 Å². The molecule has 2 bridgehead atoms. The van der Waals surface area contributed by atoms with Crippen LogP contribution in [0.5, 0.6) is 0 Å². The van der Waals surface area contributed by atoms with Crippen LogP contribution in [-0.2, 0) is 34.4 Å². The third kappa shape index (κ3) is 7.21. The maximum absolute atomic E-state index is 13.9. The van der Waals surface area contributed by atoms with Gasteiger partial charge >= 0.3 is 12.4 Å². The third-order valence-corrected chi connectivity index (χ3v) is 10.7. The SMILES string of the molecule is CC(c1ccccc1)N1[C@@H]2CC[C@H](OCCOC(c3ccccc3)c3cc(C(F)(F)F)cc(C(F)(F)F)c3)[C@@]1(c1ccccc1)C[C@@H]2c1nnnn1C. The van der Waals surface area contributed by atoms with Crippen molar-refractivity contribution in [1.82, 2.24) is 25.1 Å². The van der Waals surface area contributed by atoms with Gasteiger partial charge in [-0.05, 0) is 77.1 Å². The average Bonchev–Trinajstić information content (AvgIpc) is 3.69. The predicted octanol–water partition coefficient (Wildman–Crippen LogP) is 9.05. The van der Waals surface area contributed by atoms with Gasteiger partial charge in [0.05, 0.1) is 36.0 Å². The highest BCUT2D eigenvalue weighted by Gasteiger charge is 2.62. The highest BCUT2D eigenvalue weighted by atomic mass is 19.4. The molecule has 1 aromatic heterocycles. The van der Waals surface area contributed by atoms with Crippen LogP contribution < -0.4 is 0 Å². The second-order valence-corrected chi connectivity index (χ2v) is 13.8. The average molecular weight is 736 g/mol. The molecule has 6 atom stereocenters. The van der Waals surface area contributed by atoms with E-state index in [4.69, 9.17) is 9.47 Å². The van der Waals surface area contributed by atoms with Crippen LogP contribution >= 0.6 is 0 Å². The maximum Gasteiger partial charge on any atom is 0.416 e. The normalized spacial score (nSPS) is 23.2. The van der Waals surface area contributed by atoms with Crippen molar-refractivity contribution in [3.63, 3.8) is 0 Å². The summed E-state index contributed by atoms with van der Waals surface area (Å²) in [5, 5.41) is 12.5. The van der Waals surface area contributed by atoms with Crippen molar-refractivity contribution in [2.24, 2.45) is 7.05 Å². The van der Waals surface area contributed by atoms with Crippen molar-refractivity contribution in [2.45, 2.75) is 74.3 Å². The molecule has 7 rings (SSSR count). The van der Waals surface area contributed by atoms with Gasteiger partial charge in [-0.15, -0.1) is 5.10 Å². The van der Waals surface area contributed by atoms with E-state index in [-0.39, 0.29) is 48.9 Å². The van der Waals surface area contributed by atoms with Gasteiger partial charge in [0.2, 0.25) is 0 Å². The van der Waals surface area contributed by atoms with E-state index in [0.29, 0.717) is 18.4 Å². The standard InChI is InChI=1S/C40H39F6N5O2/c1-26(27-12-6-3-7-13-27)51-34-18-19-35(38(51,30-16-10-5-11-17-30)25-33(34)37-47-48-49-50(37)2)52-20-21-53-36(28-14-8-4-9-15-28)29-22-31(39(41,42)43)24-32(23-29)40(44,45)46/h3-17,22-24,26,33-36H,18-21,25H2,1-2H3/t26?,33-,34+,35-,36?,38-/m0/s1. The number of aryl methyl sites for hydroxylation is 1. The summed E-state index contributed by atoms with van der Waals surface area (Å²) in [5.74, 6) is 0.768. The monoisotopic (exact) mass is 735 g/mol. The Morgan fingerprint density at radius 3 is 1.91 bits per heavy atom.